The standard InChI is InChI=1S/C19H17F4NO3/c1-26-14-8-13(23)16(19(24)25)17(18(14)27-10-4-2-3-5-10)15-11(21)6-9(20)7-12(15)22/h6-8,10H,2-5H2,1H3,(H2,24,25). The SMILES string of the molecule is COc1cc(F)c(C(N)=O)c(-c2c(F)cc(F)cc2F)c1OC1CCCC1. The van der Waals surface area contributed by atoms with Crippen LogP contribution in [-0.2, 0) is 0 Å². The van der Waals surface area contributed by atoms with Crippen molar-refractivity contribution in [3.8, 4) is 22.6 Å². The van der Waals surface area contributed by atoms with Crippen molar-refractivity contribution in [1.29, 1.82) is 0 Å². The lowest BCUT2D eigenvalue weighted by Crippen LogP contribution is -2.19. The number of hydrogen-bond acceptors (Lipinski definition) is 3. The molecule has 3 rings (SSSR count). The number of amides is 1. The summed E-state index contributed by atoms with van der Waals surface area (Å²) in [5, 5.41) is 0. The molecule has 0 heterocycles. The fourth-order valence-corrected chi connectivity index (χ4v) is 3.31. The molecule has 27 heavy (non-hydrogen) atoms. The highest BCUT2D eigenvalue weighted by Gasteiger charge is 2.31. The fraction of sp³-hybridized carbons (Fsp3) is 0.316. The molecule has 1 saturated carbocycles. The van der Waals surface area contributed by atoms with Crippen molar-refractivity contribution >= 4 is 5.91 Å². The Balaban J connectivity index is 2.34. The van der Waals surface area contributed by atoms with Crippen LogP contribution in [0.5, 0.6) is 11.5 Å². The number of benzene rings is 2. The van der Waals surface area contributed by atoms with Crippen LogP contribution in [0.1, 0.15) is 36.0 Å². The van der Waals surface area contributed by atoms with Crippen LogP contribution in [0.15, 0.2) is 18.2 Å². The Morgan fingerprint density at radius 1 is 1.00 bits per heavy atom. The van der Waals surface area contributed by atoms with Crippen LogP contribution in [0.2, 0.25) is 0 Å². The average molecular weight is 383 g/mol. The van der Waals surface area contributed by atoms with Gasteiger partial charge in [0.25, 0.3) is 5.91 Å². The molecule has 0 radical (unpaired) electrons. The van der Waals surface area contributed by atoms with E-state index in [1.165, 1.54) is 7.11 Å². The summed E-state index contributed by atoms with van der Waals surface area (Å²) in [7, 11) is 1.22. The van der Waals surface area contributed by atoms with Crippen LogP contribution < -0.4 is 15.2 Å². The molecule has 1 aliphatic carbocycles. The van der Waals surface area contributed by atoms with Crippen LogP contribution in [-0.4, -0.2) is 19.1 Å². The summed E-state index contributed by atoms with van der Waals surface area (Å²) in [6.45, 7) is 0. The van der Waals surface area contributed by atoms with Gasteiger partial charge in [-0.3, -0.25) is 4.79 Å². The third-order valence-electron chi connectivity index (χ3n) is 4.51. The van der Waals surface area contributed by atoms with Crippen molar-refractivity contribution in [3.05, 3.63) is 47.0 Å². The molecule has 2 aromatic rings. The Labute approximate surface area is 152 Å². The van der Waals surface area contributed by atoms with E-state index in [0.717, 1.165) is 18.9 Å². The van der Waals surface area contributed by atoms with Gasteiger partial charge in [0.2, 0.25) is 0 Å². The number of carbonyl (C=O) groups is 1. The van der Waals surface area contributed by atoms with Gasteiger partial charge in [-0.1, -0.05) is 0 Å². The molecule has 144 valence electrons. The van der Waals surface area contributed by atoms with Crippen molar-refractivity contribution in [3.63, 3.8) is 0 Å². The van der Waals surface area contributed by atoms with E-state index in [1.807, 2.05) is 0 Å². The van der Waals surface area contributed by atoms with Gasteiger partial charge in [-0.2, -0.15) is 0 Å². The van der Waals surface area contributed by atoms with E-state index in [9.17, 15) is 22.4 Å². The molecule has 0 aliphatic heterocycles. The van der Waals surface area contributed by atoms with Crippen molar-refractivity contribution in [2.45, 2.75) is 31.8 Å². The third-order valence-corrected chi connectivity index (χ3v) is 4.51. The molecule has 4 nitrogen and oxygen atoms in total. The molecule has 1 fully saturated rings. The predicted molar refractivity (Wildman–Crippen MR) is 89.7 cm³/mol. The minimum atomic E-state index is -1.32. The van der Waals surface area contributed by atoms with Crippen molar-refractivity contribution in [2.24, 2.45) is 5.73 Å². The third kappa shape index (κ3) is 3.56. The first-order chi connectivity index (χ1) is 12.8. The second kappa shape index (κ2) is 7.46. The maximum Gasteiger partial charge on any atom is 0.252 e. The second-order valence-corrected chi connectivity index (χ2v) is 6.27. The summed E-state index contributed by atoms with van der Waals surface area (Å²) >= 11 is 0. The number of halogens is 4. The molecule has 0 atom stereocenters. The van der Waals surface area contributed by atoms with Gasteiger partial charge in [-0.05, 0) is 25.7 Å². The summed E-state index contributed by atoms with van der Waals surface area (Å²) in [5.74, 6) is -6.53. The van der Waals surface area contributed by atoms with E-state index >= 15 is 0 Å². The summed E-state index contributed by atoms with van der Waals surface area (Å²) in [5.41, 5.74) is 3.16. The highest BCUT2D eigenvalue weighted by Crippen LogP contribution is 2.45. The van der Waals surface area contributed by atoms with Gasteiger partial charge >= 0.3 is 0 Å². The monoisotopic (exact) mass is 383 g/mol. The lowest BCUT2D eigenvalue weighted by Gasteiger charge is -2.22. The Morgan fingerprint density at radius 2 is 1.59 bits per heavy atom. The number of hydrogen-bond donors (Lipinski definition) is 1. The quantitative estimate of drug-likeness (QED) is 0.782. The Bertz CT molecular complexity index is 872. The number of carbonyl (C=O) groups excluding carboxylic acids is 1. The Hall–Kier alpha value is -2.77. The van der Waals surface area contributed by atoms with Crippen LogP contribution in [0.3, 0.4) is 0 Å². The van der Waals surface area contributed by atoms with E-state index in [4.69, 9.17) is 15.2 Å². The molecule has 2 aromatic carbocycles. The molecule has 0 aromatic heterocycles. The maximum atomic E-state index is 14.5. The van der Waals surface area contributed by atoms with Crippen LogP contribution >= 0.6 is 0 Å². The number of nitrogens with two attached hydrogens (primary N) is 1. The van der Waals surface area contributed by atoms with E-state index in [1.54, 1.807) is 0 Å². The van der Waals surface area contributed by atoms with E-state index < -0.39 is 45.9 Å². The van der Waals surface area contributed by atoms with E-state index in [-0.39, 0.29) is 17.6 Å². The van der Waals surface area contributed by atoms with E-state index in [0.29, 0.717) is 25.0 Å². The highest BCUT2D eigenvalue weighted by atomic mass is 19.1. The molecule has 8 heteroatoms. The zero-order chi connectivity index (χ0) is 19.7. The van der Waals surface area contributed by atoms with Crippen LogP contribution in [0.4, 0.5) is 17.6 Å². The molecule has 0 unspecified atom stereocenters. The first-order valence-electron chi connectivity index (χ1n) is 8.35. The number of rotatable bonds is 5. The first-order valence-corrected chi connectivity index (χ1v) is 8.35. The Morgan fingerprint density at radius 3 is 2.11 bits per heavy atom. The normalized spacial score (nSPS) is 14.4. The van der Waals surface area contributed by atoms with Crippen molar-refractivity contribution in [1.82, 2.24) is 0 Å². The van der Waals surface area contributed by atoms with E-state index in [2.05, 4.69) is 0 Å². The number of methoxy groups -OCH3 is 1. The van der Waals surface area contributed by atoms with Gasteiger partial charge in [0, 0.05) is 23.8 Å². The van der Waals surface area contributed by atoms with Crippen molar-refractivity contribution in [2.75, 3.05) is 7.11 Å². The molecule has 1 amide bonds. The summed E-state index contributed by atoms with van der Waals surface area (Å²) < 4.78 is 67.7. The summed E-state index contributed by atoms with van der Waals surface area (Å²) in [4.78, 5) is 11.9. The van der Waals surface area contributed by atoms with Crippen molar-refractivity contribution < 1.29 is 31.8 Å². The second-order valence-electron chi connectivity index (χ2n) is 6.27. The molecule has 0 bridgehead atoms. The summed E-state index contributed by atoms with van der Waals surface area (Å²) in [6, 6.07) is 1.73. The molecule has 1 aliphatic rings. The van der Waals surface area contributed by atoms with Gasteiger partial charge in [-0.15, -0.1) is 0 Å². The fourth-order valence-electron chi connectivity index (χ4n) is 3.31. The molecule has 0 spiro atoms. The van der Waals surface area contributed by atoms with Gasteiger partial charge < -0.3 is 15.2 Å². The lowest BCUT2D eigenvalue weighted by atomic mass is 9.95. The van der Waals surface area contributed by atoms with Gasteiger partial charge in [0.1, 0.15) is 23.3 Å². The highest BCUT2D eigenvalue weighted by molar-refractivity contribution is 6.02. The minimum Gasteiger partial charge on any atom is -0.493 e. The topological polar surface area (TPSA) is 61.5 Å². The van der Waals surface area contributed by atoms with Crippen LogP contribution in [0.25, 0.3) is 11.1 Å². The molecule has 0 saturated heterocycles. The van der Waals surface area contributed by atoms with Crippen LogP contribution in [0, 0.1) is 23.3 Å². The maximum absolute atomic E-state index is 14.5. The predicted octanol–water partition coefficient (Wildman–Crippen LogP) is 4.34. The Kier molecular flexibility index (Phi) is 5.25. The summed E-state index contributed by atoms with van der Waals surface area (Å²) in [6.07, 6.45) is 2.85. The zero-order valence-corrected chi connectivity index (χ0v) is 14.5. The smallest absolute Gasteiger partial charge is 0.252 e. The molecular weight excluding hydrogens is 366 g/mol. The van der Waals surface area contributed by atoms with Gasteiger partial charge in [0.05, 0.1) is 24.3 Å². The lowest BCUT2D eigenvalue weighted by molar-refractivity contribution is 0.0996. The van der Waals surface area contributed by atoms with Gasteiger partial charge in [-0.25, -0.2) is 17.6 Å². The largest absolute Gasteiger partial charge is 0.493 e. The zero-order valence-electron chi connectivity index (χ0n) is 14.5. The number of primary amides is 1. The first kappa shape index (κ1) is 19.0. The van der Waals surface area contributed by atoms with Gasteiger partial charge in [0.15, 0.2) is 11.5 Å². The average Bonchev–Trinajstić information content (AvgIpc) is 3.08. The minimum absolute atomic E-state index is 0.150. The molecular formula is C19H17F4NO3. The molecule has 2 N–H and O–H groups in total. The number of ether oxygens (including phenoxy) is 2.